The average Bonchev–Trinajstić information content (AvgIpc) is 2.84. The molecule has 0 spiro atoms. The molecule has 1 aliphatic heterocycles. The summed E-state index contributed by atoms with van der Waals surface area (Å²) in [6.07, 6.45) is 8.60. The first-order chi connectivity index (χ1) is 8.70. The standard InChI is InChI=1S/C16H32N2/c1-4-7-15-10-17-16(13(2)3)12-18(15)11-14-8-5-6-9-14/h13-17H,4-12H2,1-3H3. The monoisotopic (exact) mass is 252 g/mol. The summed E-state index contributed by atoms with van der Waals surface area (Å²) in [7, 11) is 0. The van der Waals surface area contributed by atoms with Crippen LogP contribution < -0.4 is 5.32 Å². The van der Waals surface area contributed by atoms with Crippen molar-refractivity contribution < 1.29 is 0 Å². The first-order valence-electron chi connectivity index (χ1n) is 8.18. The minimum absolute atomic E-state index is 0.708. The van der Waals surface area contributed by atoms with E-state index in [4.69, 9.17) is 0 Å². The van der Waals surface area contributed by atoms with Gasteiger partial charge < -0.3 is 5.32 Å². The molecule has 0 radical (unpaired) electrons. The quantitative estimate of drug-likeness (QED) is 0.808. The van der Waals surface area contributed by atoms with Crippen LogP contribution in [-0.4, -0.2) is 36.6 Å². The fourth-order valence-corrected chi connectivity index (χ4v) is 3.70. The molecule has 0 aromatic carbocycles. The Kier molecular flexibility index (Phi) is 5.50. The lowest BCUT2D eigenvalue weighted by atomic mass is 9.96. The highest BCUT2D eigenvalue weighted by atomic mass is 15.2. The van der Waals surface area contributed by atoms with Crippen LogP contribution in [0.15, 0.2) is 0 Å². The summed E-state index contributed by atoms with van der Waals surface area (Å²) < 4.78 is 0. The van der Waals surface area contributed by atoms with Crippen LogP contribution >= 0.6 is 0 Å². The number of piperazine rings is 1. The van der Waals surface area contributed by atoms with Crippen LogP contribution in [-0.2, 0) is 0 Å². The molecular weight excluding hydrogens is 220 g/mol. The number of nitrogens with one attached hydrogen (secondary N) is 1. The second-order valence-corrected chi connectivity index (χ2v) is 6.81. The summed E-state index contributed by atoms with van der Waals surface area (Å²) in [6.45, 7) is 10.9. The van der Waals surface area contributed by atoms with Gasteiger partial charge in [-0.25, -0.2) is 0 Å². The predicted octanol–water partition coefficient (Wildman–Crippen LogP) is 3.28. The van der Waals surface area contributed by atoms with Crippen LogP contribution in [0.25, 0.3) is 0 Å². The van der Waals surface area contributed by atoms with Crippen molar-refractivity contribution >= 4 is 0 Å². The number of rotatable bonds is 5. The van der Waals surface area contributed by atoms with Gasteiger partial charge in [0.2, 0.25) is 0 Å². The topological polar surface area (TPSA) is 15.3 Å². The molecule has 2 aliphatic rings. The van der Waals surface area contributed by atoms with E-state index >= 15 is 0 Å². The number of hydrogen-bond acceptors (Lipinski definition) is 2. The lowest BCUT2D eigenvalue weighted by molar-refractivity contribution is 0.0904. The minimum atomic E-state index is 0.708. The SMILES string of the molecule is CCCC1CNC(C(C)C)CN1CC1CCCC1. The van der Waals surface area contributed by atoms with Gasteiger partial charge in [-0.1, -0.05) is 40.0 Å². The first kappa shape index (κ1) is 14.3. The molecule has 1 aliphatic carbocycles. The second-order valence-electron chi connectivity index (χ2n) is 6.81. The summed E-state index contributed by atoms with van der Waals surface area (Å²) in [4.78, 5) is 2.82. The third-order valence-electron chi connectivity index (χ3n) is 4.96. The van der Waals surface area contributed by atoms with E-state index in [1.807, 2.05) is 0 Å². The van der Waals surface area contributed by atoms with Crippen molar-refractivity contribution in [2.45, 2.75) is 71.4 Å². The Morgan fingerprint density at radius 3 is 2.56 bits per heavy atom. The van der Waals surface area contributed by atoms with E-state index in [1.165, 1.54) is 58.2 Å². The Morgan fingerprint density at radius 2 is 1.94 bits per heavy atom. The van der Waals surface area contributed by atoms with E-state index < -0.39 is 0 Å². The van der Waals surface area contributed by atoms with Gasteiger partial charge in [0.15, 0.2) is 0 Å². The van der Waals surface area contributed by atoms with Crippen LogP contribution in [0.5, 0.6) is 0 Å². The van der Waals surface area contributed by atoms with Gasteiger partial charge in [-0.3, -0.25) is 4.90 Å². The first-order valence-corrected chi connectivity index (χ1v) is 8.18. The van der Waals surface area contributed by atoms with E-state index in [0.717, 1.165) is 17.9 Å². The van der Waals surface area contributed by atoms with Crippen molar-refractivity contribution in [2.24, 2.45) is 11.8 Å². The molecule has 1 N–H and O–H groups in total. The Morgan fingerprint density at radius 1 is 1.22 bits per heavy atom. The molecule has 2 nitrogen and oxygen atoms in total. The minimum Gasteiger partial charge on any atom is -0.311 e. The van der Waals surface area contributed by atoms with Crippen molar-refractivity contribution in [2.75, 3.05) is 19.6 Å². The van der Waals surface area contributed by atoms with Crippen molar-refractivity contribution in [3.63, 3.8) is 0 Å². The highest BCUT2D eigenvalue weighted by molar-refractivity contribution is 4.88. The number of hydrogen-bond donors (Lipinski definition) is 1. The normalized spacial score (nSPS) is 31.3. The Labute approximate surface area is 114 Å². The fourth-order valence-electron chi connectivity index (χ4n) is 3.70. The summed E-state index contributed by atoms with van der Waals surface area (Å²) in [6, 6.07) is 1.50. The molecule has 1 saturated carbocycles. The van der Waals surface area contributed by atoms with Crippen LogP contribution in [0.2, 0.25) is 0 Å². The Bertz CT molecular complexity index is 231. The molecule has 2 heteroatoms. The van der Waals surface area contributed by atoms with Crippen molar-refractivity contribution in [3.05, 3.63) is 0 Å². The van der Waals surface area contributed by atoms with Gasteiger partial charge in [0, 0.05) is 31.7 Å². The van der Waals surface area contributed by atoms with Crippen LogP contribution in [0.4, 0.5) is 0 Å². The highest BCUT2D eigenvalue weighted by Gasteiger charge is 2.30. The molecule has 0 aromatic heterocycles. The predicted molar refractivity (Wildman–Crippen MR) is 78.9 cm³/mol. The third-order valence-corrected chi connectivity index (χ3v) is 4.96. The van der Waals surface area contributed by atoms with Gasteiger partial charge in [-0.2, -0.15) is 0 Å². The summed E-state index contributed by atoms with van der Waals surface area (Å²) in [5.41, 5.74) is 0. The molecule has 2 unspecified atom stereocenters. The summed E-state index contributed by atoms with van der Waals surface area (Å²) >= 11 is 0. The van der Waals surface area contributed by atoms with E-state index in [2.05, 4.69) is 31.0 Å². The lowest BCUT2D eigenvalue weighted by Gasteiger charge is -2.43. The van der Waals surface area contributed by atoms with E-state index in [1.54, 1.807) is 0 Å². The molecule has 1 saturated heterocycles. The molecule has 106 valence electrons. The van der Waals surface area contributed by atoms with Gasteiger partial charge in [0.25, 0.3) is 0 Å². The van der Waals surface area contributed by atoms with Crippen LogP contribution in [0.1, 0.15) is 59.3 Å². The van der Waals surface area contributed by atoms with Gasteiger partial charge >= 0.3 is 0 Å². The third kappa shape index (κ3) is 3.71. The zero-order valence-corrected chi connectivity index (χ0v) is 12.6. The maximum atomic E-state index is 3.77. The van der Waals surface area contributed by atoms with Crippen LogP contribution in [0.3, 0.4) is 0 Å². The lowest BCUT2D eigenvalue weighted by Crippen LogP contribution is -2.58. The maximum absolute atomic E-state index is 3.77. The van der Waals surface area contributed by atoms with E-state index in [-0.39, 0.29) is 0 Å². The van der Waals surface area contributed by atoms with Crippen LogP contribution in [0, 0.1) is 11.8 Å². The summed E-state index contributed by atoms with van der Waals surface area (Å²) in [5.74, 6) is 1.76. The van der Waals surface area contributed by atoms with Gasteiger partial charge in [0.05, 0.1) is 0 Å². The highest BCUT2D eigenvalue weighted by Crippen LogP contribution is 2.27. The van der Waals surface area contributed by atoms with Gasteiger partial charge in [-0.05, 0) is 31.1 Å². The maximum Gasteiger partial charge on any atom is 0.0221 e. The van der Waals surface area contributed by atoms with Crippen molar-refractivity contribution in [1.29, 1.82) is 0 Å². The molecule has 2 fully saturated rings. The zero-order chi connectivity index (χ0) is 13.0. The molecule has 2 atom stereocenters. The van der Waals surface area contributed by atoms with Crippen molar-refractivity contribution in [3.8, 4) is 0 Å². The molecular formula is C16H32N2. The molecule has 0 amide bonds. The van der Waals surface area contributed by atoms with Crippen molar-refractivity contribution in [1.82, 2.24) is 10.2 Å². The average molecular weight is 252 g/mol. The molecule has 0 bridgehead atoms. The second kappa shape index (κ2) is 6.91. The van der Waals surface area contributed by atoms with Gasteiger partial charge in [0.1, 0.15) is 0 Å². The molecule has 1 heterocycles. The fraction of sp³-hybridized carbons (Fsp3) is 1.00. The largest absolute Gasteiger partial charge is 0.311 e. The van der Waals surface area contributed by atoms with E-state index in [0.29, 0.717) is 6.04 Å². The smallest absolute Gasteiger partial charge is 0.0221 e. The molecule has 0 aromatic rings. The Hall–Kier alpha value is -0.0800. The zero-order valence-electron chi connectivity index (χ0n) is 12.6. The van der Waals surface area contributed by atoms with E-state index in [9.17, 15) is 0 Å². The molecule has 2 rings (SSSR count). The summed E-state index contributed by atoms with van der Waals surface area (Å²) in [5, 5.41) is 3.77. The number of nitrogens with zero attached hydrogens (tertiary/aromatic N) is 1. The Balaban J connectivity index is 1.90. The molecule has 18 heavy (non-hydrogen) atoms. The van der Waals surface area contributed by atoms with Gasteiger partial charge in [-0.15, -0.1) is 0 Å².